The molecule has 5 rings (SSSR count). The lowest BCUT2D eigenvalue weighted by atomic mass is 9.87. The average molecular weight is 506 g/mol. The first kappa shape index (κ1) is 25.1. The van der Waals surface area contributed by atoms with Gasteiger partial charge in [-0.25, -0.2) is 0 Å². The van der Waals surface area contributed by atoms with Gasteiger partial charge in [-0.3, -0.25) is 9.59 Å². The zero-order valence-electron chi connectivity index (χ0n) is 22.0. The molecule has 1 aliphatic carbocycles. The number of aromatic nitrogens is 1. The molecule has 2 aromatic heterocycles. The standard InChI is InChI=1S/C29H35N3O5/c1-16-14-17(2)31-28(33)22(16)15-32-12-11-21-24(29(32)34)18(3)26(37-20-9-7-19(30)8-10-20)27(35-4)25(21)23-6-5-13-36-23/h5-6,13-14,19-20H,7-12,15,30H2,1-4H3,(H,31,33). The van der Waals surface area contributed by atoms with Crippen LogP contribution in [0.4, 0.5) is 0 Å². The minimum absolute atomic E-state index is 0.00142. The largest absolute Gasteiger partial charge is 0.492 e. The van der Waals surface area contributed by atoms with E-state index >= 15 is 0 Å². The van der Waals surface area contributed by atoms with E-state index < -0.39 is 0 Å². The molecular formula is C29H35N3O5. The quantitative estimate of drug-likeness (QED) is 0.513. The lowest BCUT2D eigenvalue weighted by Crippen LogP contribution is -2.40. The normalized spacial score (nSPS) is 19.6. The molecular weight excluding hydrogens is 470 g/mol. The number of nitrogens with two attached hydrogens (primary N) is 1. The highest BCUT2D eigenvalue weighted by atomic mass is 16.5. The van der Waals surface area contributed by atoms with Crippen LogP contribution >= 0.6 is 0 Å². The number of pyridine rings is 1. The second kappa shape index (κ2) is 10.1. The molecule has 8 heteroatoms. The van der Waals surface area contributed by atoms with Crippen LogP contribution in [0.3, 0.4) is 0 Å². The number of rotatable bonds is 6. The summed E-state index contributed by atoms with van der Waals surface area (Å²) in [5.41, 5.74) is 11.2. The molecule has 1 aliphatic heterocycles. The molecule has 0 atom stereocenters. The van der Waals surface area contributed by atoms with Gasteiger partial charge in [0.25, 0.3) is 11.5 Å². The maximum atomic E-state index is 14.0. The predicted octanol–water partition coefficient (Wildman–Crippen LogP) is 4.42. The highest BCUT2D eigenvalue weighted by Crippen LogP contribution is 2.48. The van der Waals surface area contributed by atoms with Gasteiger partial charge in [-0.15, -0.1) is 0 Å². The Morgan fingerprint density at radius 2 is 1.86 bits per heavy atom. The summed E-state index contributed by atoms with van der Waals surface area (Å²) < 4.78 is 18.3. The summed E-state index contributed by atoms with van der Waals surface area (Å²) in [6.07, 6.45) is 5.74. The maximum absolute atomic E-state index is 14.0. The van der Waals surface area contributed by atoms with Gasteiger partial charge in [0.05, 0.1) is 37.1 Å². The van der Waals surface area contributed by atoms with Crippen molar-refractivity contribution in [2.45, 2.75) is 71.6 Å². The monoisotopic (exact) mass is 505 g/mol. The molecule has 37 heavy (non-hydrogen) atoms. The molecule has 196 valence electrons. The number of nitrogens with one attached hydrogen (secondary N) is 1. The van der Waals surface area contributed by atoms with Crippen molar-refractivity contribution in [3.05, 3.63) is 68.3 Å². The van der Waals surface area contributed by atoms with Crippen LogP contribution in [0.5, 0.6) is 11.5 Å². The lowest BCUT2D eigenvalue weighted by molar-refractivity contribution is 0.0723. The number of fused-ring (bicyclic) bond motifs is 1. The van der Waals surface area contributed by atoms with Crippen molar-refractivity contribution >= 4 is 5.91 Å². The van der Waals surface area contributed by atoms with E-state index in [2.05, 4.69) is 4.98 Å². The van der Waals surface area contributed by atoms with Crippen molar-refractivity contribution in [2.75, 3.05) is 13.7 Å². The number of furan rings is 1. The number of amides is 1. The Bertz CT molecular complexity index is 1370. The summed E-state index contributed by atoms with van der Waals surface area (Å²) in [5.74, 6) is 1.68. The highest BCUT2D eigenvalue weighted by Gasteiger charge is 2.35. The van der Waals surface area contributed by atoms with Crippen LogP contribution in [0.25, 0.3) is 11.3 Å². The Balaban J connectivity index is 1.59. The number of hydrogen-bond acceptors (Lipinski definition) is 6. The molecule has 0 unspecified atom stereocenters. The first-order chi connectivity index (χ1) is 17.8. The minimum atomic E-state index is -0.154. The van der Waals surface area contributed by atoms with Crippen molar-refractivity contribution in [3.8, 4) is 22.8 Å². The van der Waals surface area contributed by atoms with Gasteiger partial charge in [0.15, 0.2) is 11.5 Å². The Labute approximate surface area is 216 Å². The van der Waals surface area contributed by atoms with E-state index in [0.29, 0.717) is 41.4 Å². The van der Waals surface area contributed by atoms with Crippen LogP contribution in [0.2, 0.25) is 0 Å². The maximum Gasteiger partial charge on any atom is 0.254 e. The summed E-state index contributed by atoms with van der Waals surface area (Å²) in [5, 5.41) is 0. The van der Waals surface area contributed by atoms with Crippen molar-refractivity contribution < 1.29 is 18.7 Å². The average Bonchev–Trinajstić information content (AvgIpc) is 3.39. The van der Waals surface area contributed by atoms with Gasteiger partial charge in [0.1, 0.15) is 5.76 Å². The molecule has 1 saturated carbocycles. The fourth-order valence-corrected chi connectivity index (χ4v) is 5.74. The summed E-state index contributed by atoms with van der Waals surface area (Å²) >= 11 is 0. The molecule has 0 saturated heterocycles. The zero-order chi connectivity index (χ0) is 26.3. The molecule has 1 aromatic carbocycles. The minimum Gasteiger partial charge on any atom is -0.492 e. The third kappa shape index (κ3) is 4.66. The van der Waals surface area contributed by atoms with Gasteiger partial charge in [-0.05, 0) is 82.2 Å². The number of carbonyl (C=O) groups excluding carboxylic acids is 1. The van der Waals surface area contributed by atoms with Crippen molar-refractivity contribution in [2.24, 2.45) is 5.73 Å². The summed E-state index contributed by atoms with van der Waals surface area (Å²) in [4.78, 5) is 31.3. The fraction of sp³-hybridized carbons (Fsp3) is 0.448. The molecule has 8 nitrogen and oxygen atoms in total. The summed E-state index contributed by atoms with van der Waals surface area (Å²) in [7, 11) is 1.63. The van der Waals surface area contributed by atoms with Gasteiger partial charge in [-0.1, -0.05) is 0 Å². The second-order valence-electron chi connectivity index (χ2n) is 10.3. The van der Waals surface area contributed by atoms with E-state index in [4.69, 9.17) is 19.6 Å². The van der Waals surface area contributed by atoms with E-state index in [9.17, 15) is 9.59 Å². The Morgan fingerprint density at radius 3 is 2.51 bits per heavy atom. The number of carbonyl (C=O) groups is 1. The van der Waals surface area contributed by atoms with Gasteiger partial charge in [0.2, 0.25) is 0 Å². The van der Waals surface area contributed by atoms with E-state index in [1.165, 1.54) is 0 Å². The van der Waals surface area contributed by atoms with Gasteiger partial charge in [-0.2, -0.15) is 0 Å². The second-order valence-corrected chi connectivity index (χ2v) is 10.3. The predicted molar refractivity (Wildman–Crippen MR) is 141 cm³/mol. The smallest absolute Gasteiger partial charge is 0.254 e. The van der Waals surface area contributed by atoms with Gasteiger partial charge >= 0.3 is 0 Å². The zero-order valence-corrected chi connectivity index (χ0v) is 22.0. The van der Waals surface area contributed by atoms with Crippen molar-refractivity contribution in [1.82, 2.24) is 9.88 Å². The van der Waals surface area contributed by atoms with Crippen molar-refractivity contribution in [3.63, 3.8) is 0 Å². The molecule has 3 heterocycles. The number of benzene rings is 1. The SMILES string of the molecule is COc1c(OC2CCC(N)CC2)c(C)c2c(c1-c1ccco1)CCN(Cc1c(C)cc(C)[nH]c1=O)C2=O. The van der Waals surface area contributed by atoms with E-state index in [1.54, 1.807) is 18.3 Å². The Kier molecular flexibility index (Phi) is 6.86. The van der Waals surface area contributed by atoms with Crippen LogP contribution in [-0.2, 0) is 13.0 Å². The van der Waals surface area contributed by atoms with Crippen LogP contribution < -0.4 is 20.8 Å². The number of aromatic amines is 1. The Morgan fingerprint density at radius 1 is 1.11 bits per heavy atom. The number of ether oxygens (including phenoxy) is 2. The van der Waals surface area contributed by atoms with Crippen LogP contribution in [0.15, 0.2) is 33.7 Å². The third-order valence-electron chi connectivity index (χ3n) is 7.70. The Hall–Kier alpha value is -3.52. The number of nitrogens with zero attached hydrogens (tertiary/aromatic N) is 1. The summed E-state index contributed by atoms with van der Waals surface area (Å²) in [6.45, 7) is 6.41. The molecule has 0 bridgehead atoms. The summed E-state index contributed by atoms with van der Waals surface area (Å²) in [6, 6.07) is 5.84. The number of aryl methyl sites for hydroxylation is 2. The number of hydrogen-bond donors (Lipinski definition) is 2. The van der Waals surface area contributed by atoms with Crippen LogP contribution in [0.1, 0.15) is 64.0 Å². The first-order valence-electron chi connectivity index (χ1n) is 13.0. The molecule has 1 fully saturated rings. The number of H-pyrrole nitrogens is 1. The van der Waals surface area contributed by atoms with E-state index in [-0.39, 0.29) is 30.2 Å². The molecule has 0 spiro atoms. The fourth-order valence-electron chi connectivity index (χ4n) is 5.74. The van der Waals surface area contributed by atoms with E-state index in [1.807, 2.05) is 39.0 Å². The molecule has 3 N–H and O–H groups in total. The lowest BCUT2D eigenvalue weighted by Gasteiger charge is -2.34. The first-order valence-corrected chi connectivity index (χ1v) is 13.0. The van der Waals surface area contributed by atoms with Crippen LogP contribution in [-0.4, -0.2) is 41.6 Å². The molecule has 0 radical (unpaired) electrons. The molecule has 2 aliphatic rings. The highest BCUT2D eigenvalue weighted by molar-refractivity contribution is 6.02. The topological polar surface area (TPSA) is 111 Å². The van der Waals surface area contributed by atoms with Crippen molar-refractivity contribution in [1.29, 1.82) is 0 Å². The third-order valence-corrected chi connectivity index (χ3v) is 7.70. The van der Waals surface area contributed by atoms with Gasteiger partial charge in [0, 0.05) is 29.4 Å². The molecule has 1 amide bonds. The van der Waals surface area contributed by atoms with E-state index in [0.717, 1.165) is 53.6 Å². The van der Waals surface area contributed by atoms with Gasteiger partial charge < -0.3 is 29.5 Å². The number of methoxy groups -OCH3 is 1. The molecule has 3 aromatic rings. The van der Waals surface area contributed by atoms with Crippen LogP contribution in [0, 0.1) is 20.8 Å².